The Labute approximate surface area is 130 Å². The predicted octanol–water partition coefficient (Wildman–Crippen LogP) is 2.09. The molecular formula is C16H18N6. The molecule has 1 aromatic rings. The molecule has 1 aliphatic rings. The van der Waals surface area contributed by atoms with Crippen LogP contribution in [0.5, 0.6) is 0 Å². The van der Waals surface area contributed by atoms with E-state index in [-0.39, 0.29) is 6.54 Å². The lowest BCUT2D eigenvalue weighted by Crippen LogP contribution is -2.02. The van der Waals surface area contributed by atoms with Crippen LogP contribution in [0, 0.1) is 36.0 Å². The van der Waals surface area contributed by atoms with Crippen molar-refractivity contribution in [3.8, 4) is 17.9 Å². The van der Waals surface area contributed by atoms with E-state index in [0.29, 0.717) is 17.6 Å². The van der Waals surface area contributed by atoms with Crippen molar-refractivity contribution in [2.45, 2.75) is 32.7 Å². The van der Waals surface area contributed by atoms with Crippen molar-refractivity contribution < 1.29 is 0 Å². The van der Waals surface area contributed by atoms with Crippen molar-refractivity contribution in [2.75, 3.05) is 0 Å². The third kappa shape index (κ3) is 4.07. The van der Waals surface area contributed by atoms with Gasteiger partial charge in [0, 0.05) is 5.92 Å². The summed E-state index contributed by atoms with van der Waals surface area (Å²) < 4.78 is 1.66. The highest BCUT2D eigenvalue weighted by Crippen LogP contribution is 2.18. The summed E-state index contributed by atoms with van der Waals surface area (Å²) >= 11 is 0. The number of aromatic nitrogens is 2. The smallest absolute Gasteiger partial charge is 0.208 e. The van der Waals surface area contributed by atoms with Crippen LogP contribution < -0.4 is 5.73 Å². The largest absolute Gasteiger partial charge is 0.390 e. The number of aryl methyl sites for hydroxylation is 1. The lowest BCUT2D eigenvalue weighted by molar-refractivity contribution is 0.603. The minimum absolute atomic E-state index is 0.181. The van der Waals surface area contributed by atoms with Crippen molar-refractivity contribution in [1.82, 2.24) is 9.55 Å². The van der Waals surface area contributed by atoms with Gasteiger partial charge in [-0.3, -0.25) is 0 Å². The van der Waals surface area contributed by atoms with E-state index >= 15 is 0 Å². The van der Waals surface area contributed by atoms with Gasteiger partial charge in [-0.25, -0.2) is 15.0 Å². The van der Waals surface area contributed by atoms with Gasteiger partial charge < -0.3 is 10.3 Å². The second-order valence-corrected chi connectivity index (χ2v) is 4.90. The third-order valence-electron chi connectivity index (χ3n) is 3.29. The summed E-state index contributed by atoms with van der Waals surface area (Å²) in [5.41, 5.74) is 6.10. The molecule has 0 spiro atoms. The van der Waals surface area contributed by atoms with E-state index in [1.54, 1.807) is 10.9 Å². The second kappa shape index (κ2) is 7.80. The van der Waals surface area contributed by atoms with E-state index in [9.17, 15) is 0 Å². The van der Waals surface area contributed by atoms with Crippen LogP contribution in [0.1, 0.15) is 25.0 Å². The van der Waals surface area contributed by atoms with E-state index in [1.165, 1.54) is 6.34 Å². The van der Waals surface area contributed by atoms with E-state index < -0.39 is 0 Å². The van der Waals surface area contributed by atoms with Crippen molar-refractivity contribution in [1.29, 1.82) is 5.26 Å². The van der Waals surface area contributed by atoms with Gasteiger partial charge in [0.15, 0.2) is 5.82 Å². The van der Waals surface area contributed by atoms with Crippen molar-refractivity contribution in [3.63, 3.8) is 0 Å². The third-order valence-corrected chi connectivity index (χ3v) is 3.29. The zero-order valence-electron chi connectivity index (χ0n) is 12.5. The Morgan fingerprint density at radius 3 is 3.14 bits per heavy atom. The Kier molecular flexibility index (Phi) is 5.50. The van der Waals surface area contributed by atoms with Crippen LogP contribution in [-0.2, 0) is 6.54 Å². The number of nitriles is 1. The molecule has 22 heavy (non-hydrogen) atoms. The summed E-state index contributed by atoms with van der Waals surface area (Å²) in [6, 6.07) is 2.07. The number of hydrogen-bond donors (Lipinski definition) is 1. The molecule has 0 bridgehead atoms. The molecule has 1 aromatic heterocycles. The first kappa shape index (κ1) is 15.5. The van der Waals surface area contributed by atoms with Crippen LogP contribution in [-0.4, -0.2) is 21.7 Å². The van der Waals surface area contributed by atoms with E-state index in [0.717, 1.165) is 25.0 Å². The van der Waals surface area contributed by atoms with Crippen molar-refractivity contribution in [3.05, 3.63) is 24.2 Å². The monoisotopic (exact) mass is 294 g/mol. The Bertz CT molecular complexity index is 705. The van der Waals surface area contributed by atoms with Gasteiger partial charge in [0.25, 0.3) is 0 Å². The molecule has 0 saturated heterocycles. The molecule has 2 N–H and O–H groups in total. The van der Waals surface area contributed by atoms with Gasteiger partial charge in [-0.05, 0) is 32.1 Å². The number of rotatable bonds is 2. The standard InChI is InChI=1S/C16H18N6/c1-13-16(22(10-9-17)12-20-13)21-15(19-11-18)8-7-14-5-3-2-4-6-14/h2-3,11-12,14H,4-6,10H2,1H3,(H2,18,19,21). The van der Waals surface area contributed by atoms with Crippen LogP contribution in [0.3, 0.4) is 0 Å². The normalized spacial score (nSPS) is 18.0. The van der Waals surface area contributed by atoms with Crippen LogP contribution >= 0.6 is 0 Å². The lowest BCUT2D eigenvalue weighted by Gasteiger charge is -2.09. The Hall–Kier alpha value is -2.86. The molecular weight excluding hydrogens is 276 g/mol. The van der Waals surface area contributed by atoms with E-state index in [4.69, 9.17) is 11.0 Å². The Balaban J connectivity index is 2.28. The Morgan fingerprint density at radius 2 is 2.45 bits per heavy atom. The fourth-order valence-corrected chi connectivity index (χ4v) is 2.16. The van der Waals surface area contributed by atoms with Crippen LogP contribution in [0.25, 0.3) is 0 Å². The first-order valence-corrected chi connectivity index (χ1v) is 7.12. The van der Waals surface area contributed by atoms with Crippen LogP contribution in [0.15, 0.2) is 28.5 Å². The van der Waals surface area contributed by atoms with Gasteiger partial charge in [-0.1, -0.05) is 18.1 Å². The van der Waals surface area contributed by atoms with E-state index in [1.807, 2.05) is 6.92 Å². The molecule has 1 unspecified atom stereocenters. The average Bonchev–Trinajstić information content (AvgIpc) is 2.87. The molecule has 1 heterocycles. The highest BCUT2D eigenvalue weighted by molar-refractivity contribution is 6.03. The average molecular weight is 294 g/mol. The maximum atomic E-state index is 8.83. The maximum absolute atomic E-state index is 8.83. The fourth-order valence-electron chi connectivity index (χ4n) is 2.16. The molecule has 2 rings (SSSR count). The number of allylic oxidation sites excluding steroid dienone is 2. The summed E-state index contributed by atoms with van der Waals surface area (Å²) in [5.74, 6) is 7.43. The van der Waals surface area contributed by atoms with Gasteiger partial charge in [-0.15, -0.1) is 0 Å². The van der Waals surface area contributed by atoms with Gasteiger partial charge in [-0.2, -0.15) is 5.26 Å². The second-order valence-electron chi connectivity index (χ2n) is 4.90. The molecule has 0 amide bonds. The highest BCUT2D eigenvalue weighted by Gasteiger charge is 2.08. The number of nitrogens with two attached hydrogens (primary N) is 1. The maximum Gasteiger partial charge on any atom is 0.208 e. The van der Waals surface area contributed by atoms with E-state index in [2.05, 4.69) is 45.0 Å². The summed E-state index contributed by atoms with van der Waals surface area (Å²) in [5, 5.41) is 8.83. The molecule has 0 aromatic carbocycles. The topological polar surface area (TPSA) is 92.3 Å². The zero-order chi connectivity index (χ0) is 15.8. The van der Waals surface area contributed by atoms with Crippen molar-refractivity contribution in [2.24, 2.45) is 21.6 Å². The summed E-state index contributed by atoms with van der Waals surface area (Å²) in [7, 11) is 0. The number of aliphatic imine (C=N–C) groups is 2. The molecule has 112 valence electrons. The molecule has 6 heteroatoms. The zero-order valence-corrected chi connectivity index (χ0v) is 12.5. The quantitative estimate of drug-likeness (QED) is 0.392. The fraction of sp³-hybridized carbons (Fsp3) is 0.375. The predicted molar refractivity (Wildman–Crippen MR) is 86.6 cm³/mol. The van der Waals surface area contributed by atoms with Gasteiger partial charge in [0.1, 0.15) is 6.54 Å². The van der Waals surface area contributed by atoms with Crippen LogP contribution in [0.2, 0.25) is 0 Å². The van der Waals surface area contributed by atoms with Gasteiger partial charge >= 0.3 is 0 Å². The molecule has 0 aliphatic heterocycles. The summed E-state index contributed by atoms with van der Waals surface area (Å²) in [4.78, 5) is 12.6. The molecule has 0 fully saturated rings. The lowest BCUT2D eigenvalue weighted by atomic mass is 9.95. The van der Waals surface area contributed by atoms with Crippen molar-refractivity contribution >= 4 is 18.0 Å². The molecule has 1 aliphatic carbocycles. The van der Waals surface area contributed by atoms with Gasteiger partial charge in [0.05, 0.1) is 24.4 Å². The minimum Gasteiger partial charge on any atom is -0.390 e. The first-order chi connectivity index (χ1) is 10.7. The van der Waals surface area contributed by atoms with Crippen LogP contribution in [0.4, 0.5) is 5.82 Å². The molecule has 6 nitrogen and oxygen atoms in total. The number of amidine groups is 1. The summed E-state index contributed by atoms with van der Waals surface area (Å²) in [6.07, 6.45) is 10.1. The molecule has 0 radical (unpaired) electrons. The minimum atomic E-state index is 0.181. The Morgan fingerprint density at radius 1 is 1.59 bits per heavy atom. The molecule has 0 saturated carbocycles. The summed E-state index contributed by atoms with van der Waals surface area (Å²) in [6.45, 7) is 2.01. The molecule has 1 atom stereocenters. The first-order valence-electron chi connectivity index (χ1n) is 7.12. The number of nitrogens with zero attached hydrogens (tertiary/aromatic N) is 5. The highest BCUT2D eigenvalue weighted by atomic mass is 15.1. The number of imidazole rings is 1. The SMILES string of the molecule is Cc1ncn(CC#N)c1/N=C(/C#CC1CC=CCC1)N=CN. The number of hydrogen-bond acceptors (Lipinski definition) is 3. The van der Waals surface area contributed by atoms with Gasteiger partial charge in [0.2, 0.25) is 5.84 Å².